The van der Waals surface area contributed by atoms with E-state index in [1.54, 1.807) is 11.0 Å². The van der Waals surface area contributed by atoms with Gasteiger partial charge in [-0.3, -0.25) is 9.69 Å². The first-order valence-corrected chi connectivity index (χ1v) is 8.74. The van der Waals surface area contributed by atoms with Gasteiger partial charge in [-0.2, -0.15) is 0 Å². The predicted octanol–water partition coefficient (Wildman–Crippen LogP) is 4.42. The average Bonchev–Trinajstić information content (AvgIpc) is 2.91. The van der Waals surface area contributed by atoms with Gasteiger partial charge >= 0.3 is 0 Å². The molecule has 7 heteroatoms. The summed E-state index contributed by atoms with van der Waals surface area (Å²) in [6.45, 7) is 4.57. The van der Waals surface area contributed by atoms with Crippen LogP contribution in [-0.2, 0) is 0 Å². The van der Waals surface area contributed by atoms with Gasteiger partial charge in [0.25, 0.3) is 5.91 Å². The van der Waals surface area contributed by atoms with Crippen LogP contribution < -0.4 is 4.90 Å². The summed E-state index contributed by atoms with van der Waals surface area (Å²) in [5, 5.41) is 0. The molecular formula is C17H16FN3OS2. The van der Waals surface area contributed by atoms with E-state index < -0.39 is 0 Å². The highest BCUT2D eigenvalue weighted by atomic mass is 32.2. The molecular weight excluding hydrogens is 345 g/mol. The summed E-state index contributed by atoms with van der Waals surface area (Å²) in [7, 11) is 0. The van der Waals surface area contributed by atoms with Crippen LogP contribution in [0.25, 0.3) is 10.3 Å². The number of pyridine rings is 1. The molecule has 0 saturated heterocycles. The van der Waals surface area contributed by atoms with Crippen LogP contribution >= 0.6 is 24.0 Å². The third-order valence-corrected chi connectivity index (χ3v) is 4.53. The number of anilines is 1. The number of nitrogens with zero attached hydrogens (tertiary/aromatic N) is 3. The first-order chi connectivity index (χ1) is 11.4. The summed E-state index contributed by atoms with van der Waals surface area (Å²) in [5.74, 6) is 0.245. The molecule has 0 unspecified atom stereocenters. The molecule has 4 nitrogen and oxygen atoms in total. The molecule has 2 aromatic heterocycles. The summed E-state index contributed by atoms with van der Waals surface area (Å²) in [6.07, 6.45) is 0. The molecule has 124 valence electrons. The van der Waals surface area contributed by atoms with Crippen molar-refractivity contribution in [3.63, 3.8) is 0 Å². The van der Waals surface area contributed by atoms with Gasteiger partial charge in [-0.05, 0) is 42.3 Å². The molecule has 1 aromatic carbocycles. The Bertz CT molecular complexity index is 877. The van der Waals surface area contributed by atoms with Gasteiger partial charge in [-0.1, -0.05) is 25.2 Å². The van der Waals surface area contributed by atoms with Crippen molar-refractivity contribution in [3.05, 3.63) is 47.8 Å². The summed E-state index contributed by atoms with van der Waals surface area (Å²) in [4.78, 5) is 24.0. The molecule has 0 saturated carbocycles. The normalized spacial score (nSPS) is 11.2. The molecule has 0 fully saturated rings. The first-order valence-electron chi connectivity index (χ1n) is 7.48. The van der Waals surface area contributed by atoms with E-state index in [2.05, 4.69) is 22.6 Å². The first kappa shape index (κ1) is 16.9. The van der Waals surface area contributed by atoms with Gasteiger partial charge in [0.1, 0.15) is 26.3 Å². The van der Waals surface area contributed by atoms with Gasteiger partial charge in [0, 0.05) is 12.1 Å². The van der Waals surface area contributed by atoms with Crippen molar-refractivity contribution in [3.8, 4) is 0 Å². The van der Waals surface area contributed by atoms with E-state index in [4.69, 9.17) is 0 Å². The van der Waals surface area contributed by atoms with Crippen LogP contribution in [0.4, 0.5) is 10.2 Å². The molecule has 0 aliphatic heterocycles. The second-order valence-electron chi connectivity index (χ2n) is 5.81. The number of aromatic nitrogens is 2. The van der Waals surface area contributed by atoms with Crippen molar-refractivity contribution < 1.29 is 9.18 Å². The van der Waals surface area contributed by atoms with E-state index in [-0.39, 0.29) is 17.6 Å². The van der Waals surface area contributed by atoms with E-state index >= 15 is 0 Å². The van der Waals surface area contributed by atoms with Crippen molar-refractivity contribution in [2.75, 3.05) is 11.4 Å². The van der Waals surface area contributed by atoms with E-state index in [1.807, 2.05) is 19.9 Å². The number of hydrogen-bond acceptors (Lipinski definition) is 5. The highest BCUT2D eigenvalue weighted by molar-refractivity contribution is 7.82. The lowest BCUT2D eigenvalue weighted by molar-refractivity contribution is 0.0983. The number of thiazole rings is 1. The predicted molar refractivity (Wildman–Crippen MR) is 97.6 cm³/mol. The van der Waals surface area contributed by atoms with Crippen LogP contribution in [0.1, 0.15) is 24.2 Å². The Balaban J connectivity index is 2.00. The van der Waals surface area contributed by atoms with E-state index in [0.717, 1.165) is 10.3 Å². The number of rotatable bonds is 4. The van der Waals surface area contributed by atoms with E-state index in [0.29, 0.717) is 22.3 Å². The van der Waals surface area contributed by atoms with Gasteiger partial charge in [-0.25, -0.2) is 14.4 Å². The Labute approximate surface area is 148 Å². The SMILES string of the molecule is CC(C)CN(C(=O)c1ccc(F)cc1)c1ccc2nc(S)sc2n1. The highest BCUT2D eigenvalue weighted by Crippen LogP contribution is 2.26. The molecule has 0 aliphatic carbocycles. The summed E-state index contributed by atoms with van der Waals surface area (Å²) < 4.78 is 13.7. The van der Waals surface area contributed by atoms with Crippen LogP contribution in [0, 0.1) is 11.7 Å². The van der Waals surface area contributed by atoms with Crippen molar-refractivity contribution in [1.82, 2.24) is 9.97 Å². The van der Waals surface area contributed by atoms with Crippen LogP contribution in [0.2, 0.25) is 0 Å². The van der Waals surface area contributed by atoms with Crippen molar-refractivity contribution >= 4 is 46.0 Å². The van der Waals surface area contributed by atoms with Gasteiger partial charge < -0.3 is 0 Å². The van der Waals surface area contributed by atoms with E-state index in [9.17, 15) is 9.18 Å². The van der Waals surface area contributed by atoms with E-state index in [1.165, 1.54) is 35.6 Å². The lowest BCUT2D eigenvalue weighted by Gasteiger charge is -2.23. The lowest BCUT2D eigenvalue weighted by Crippen LogP contribution is -2.34. The maximum absolute atomic E-state index is 13.1. The van der Waals surface area contributed by atoms with Crippen LogP contribution in [0.5, 0.6) is 0 Å². The van der Waals surface area contributed by atoms with Gasteiger partial charge in [0.15, 0.2) is 0 Å². The minimum absolute atomic E-state index is 0.203. The zero-order valence-corrected chi connectivity index (χ0v) is 14.9. The Kier molecular flexibility index (Phi) is 4.82. The molecule has 0 atom stereocenters. The zero-order valence-electron chi connectivity index (χ0n) is 13.2. The number of hydrogen-bond donors (Lipinski definition) is 1. The van der Waals surface area contributed by atoms with Gasteiger partial charge in [0.2, 0.25) is 0 Å². The maximum atomic E-state index is 13.1. The number of amides is 1. The van der Waals surface area contributed by atoms with Crippen LogP contribution in [0.3, 0.4) is 0 Å². The Hall–Kier alpha value is -1.99. The summed E-state index contributed by atoms with van der Waals surface area (Å²) in [5.41, 5.74) is 1.19. The fourth-order valence-corrected chi connectivity index (χ4v) is 3.38. The zero-order chi connectivity index (χ0) is 17.3. The van der Waals surface area contributed by atoms with Gasteiger partial charge in [0.05, 0.1) is 0 Å². The number of halogens is 1. The minimum atomic E-state index is -0.368. The topological polar surface area (TPSA) is 46.1 Å². The molecule has 2 heterocycles. The third kappa shape index (κ3) is 3.57. The third-order valence-electron chi connectivity index (χ3n) is 3.39. The molecule has 1 amide bonds. The highest BCUT2D eigenvalue weighted by Gasteiger charge is 2.21. The molecule has 0 spiro atoms. The van der Waals surface area contributed by atoms with Crippen molar-refractivity contribution in [1.29, 1.82) is 0 Å². The summed E-state index contributed by atoms with van der Waals surface area (Å²) >= 11 is 5.61. The number of benzene rings is 1. The molecule has 0 bridgehead atoms. The lowest BCUT2D eigenvalue weighted by atomic mass is 10.1. The molecule has 3 rings (SSSR count). The quantitative estimate of drug-likeness (QED) is 0.700. The average molecular weight is 361 g/mol. The number of carbonyl (C=O) groups is 1. The second kappa shape index (κ2) is 6.86. The molecule has 0 aliphatic rings. The van der Waals surface area contributed by atoms with Crippen molar-refractivity contribution in [2.45, 2.75) is 18.2 Å². The number of thiol groups is 1. The monoisotopic (exact) mass is 361 g/mol. The smallest absolute Gasteiger partial charge is 0.259 e. The Morgan fingerprint density at radius 3 is 2.58 bits per heavy atom. The minimum Gasteiger partial charge on any atom is -0.292 e. The molecule has 0 N–H and O–H groups in total. The van der Waals surface area contributed by atoms with Gasteiger partial charge in [-0.15, -0.1) is 12.6 Å². The van der Waals surface area contributed by atoms with Crippen molar-refractivity contribution in [2.24, 2.45) is 5.92 Å². The second-order valence-corrected chi connectivity index (χ2v) is 7.51. The Morgan fingerprint density at radius 1 is 1.21 bits per heavy atom. The number of carbonyl (C=O) groups excluding carboxylic acids is 1. The fraction of sp³-hybridized carbons (Fsp3) is 0.235. The number of fused-ring (bicyclic) bond motifs is 1. The largest absolute Gasteiger partial charge is 0.292 e. The Morgan fingerprint density at radius 2 is 1.92 bits per heavy atom. The fourth-order valence-electron chi connectivity index (χ4n) is 2.34. The van der Waals surface area contributed by atoms with Crippen LogP contribution in [0.15, 0.2) is 40.7 Å². The standard InChI is InChI=1S/C17H16FN3OS2/c1-10(2)9-21(16(22)11-3-5-12(18)6-4-11)14-8-7-13-15(20-14)24-17(23)19-13/h3-8,10H,9H2,1-2H3,(H,19,23). The molecule has 24 heavy (non-hydrogen) atoms. The maximum Gasteiger partial charge on any atom is 0.259 e. The summed E-state index contributed by atoms with van der Waals surface area (Å²) in [6, 6.07) is 9.16. The molecule has 3 aromatic rings. The van der Waals surface area contributed by atoms with Crippen LogP contribution in [-0.4, -0.2) is 22.4 Å². The molecule has 0 radical (unpaired) electrons.